The summed E-state index contributed by atoms with van der Waals surface area (Å²) in [6.07, 6.45) is 0. The number of hydrogen-bond acceptors (Lipinski definition) is 5. The zero-order valence-corrected chi connectivity index (χ0v) is 17.1. The van der Waals surface area contributed by atoms with E-state index in [1.54, 1.807) is 40.8 Å². The predicted molar refractivity (Wildman–Crippen MR) is 117 cm³/mol. The highest BCUT2D eigenvalue weighted by molar-refractivity contribution is 7.15. The molecule has 0 saturated carbocycles. The van der Waals surface area contributed by atoms with Crippen molar-refractivity contribution in [3.8, 4) is 0 Å². The van der Waals surface area contributed by atoms with E-state index < -0.39 is 0 Å². The number of carbonyl (C=O) groups excluding carboxylic acids is 1. The number of rotatable bonds is 5. The summed E-state index contributed by atoms with van der Waals surface area (Å²) in [6, 6.07) is 15.6. The van der Waals surface area contributed by atoms with Gasteiger partial charge in [-0.3, -0.25) is 14.0 Å². The number of carbonyl (C=O) groups is 1. The van der Waals surface area contributed by atoms with Crippen LogP contribution in [0.25, 0.3) is 4.96 Å². The number of amides is 1. The predicted octanol–water partition coefficient (Wildman–Crippen LogP) is 4.58. The van der Waals surface area contributed by atoms with Crippen molar-refractivity contribution in [1.82, 2.24) is 9.38 Å². The molecule has 0 bridgehead atoms. The van der Waals surface area contributed by atoms with E-state index in [1.807, 2.05) is 24.4 Å². The van der Waals surface area contributed by atoms with Crippen LogP contribution in [0.2, 0.25) is 5.02 Å². The van der Waals surface area contributed by atoms with Gasteiger partial charge in [0.1, 0.15) is 0 Å². The first kappa shape index (κ1) is 19.2. The molecule has 2 N–H and O–H groups in total. The maximum atomic E-state index is 12.7. The summed E-state index contributed by atoms with van der Waals surface area (Å²) in [7, 11) is 0. The van der Waals surface area contributed by atoms with Crippen LogP contribution in [0.1, 0.15) is 21.7 Å². The second-order valence-electron chi connectivity index (χ2n) is 6.44. The average Bonchev–Trinajstić information content (AvgIpc) is 3.09. The summed E-state index contributed by atoms with van der Waals surface area (Å²) in [5, 5.41) is 8.57. The molecule has 2 aromatic heterocycles. The van der Waals surface area contributed by atoms with Crippen LogP contribution in [0, 0.1) is 6.92 Å². The minimum atomic E-state index is -0.243. The molecule has 0 unspecified atom stereocenters. The first-order valence-corrected chi connectivity index (χ1v) is 10.1. The standard InChI is InChI=1S/C21H17ClN4O2S/c1-13-12-29-21-25-16(10-19(27)26(13)21)11-23-18-5-3-2-4-17(18)20(28)24-15-8-6-14(22)7-9-15/h2-10,12,23H,11H2,1H3,(H,24,28). The summed E-state index contributed by atoms with van der Waals surface area (Å²) in [5.74, 6) is -0.243. The molecular formula is C21H17ClN4O2S. The van der Waals surface area contributed by atoms with Crippen molar-refractivity contribution in [3.05, 3.63) is 92.3 Å². The van der Waals surface area contributed by atoms with Gasteiger partial charge in [0, 0.05) is 33.5 Å². The van der Waals surface area contributed by atoms with Crippen molar-refractivity contribution in [1.29, 1.82) is 0 Å². The molecule has 4 rings (SSSR count). The molecule has 146 valence electrons. The molecule has 0 aliphatic rings. The number of para-hydroxylation sites is 1. The maximum absolute atomic E-state index is 12.7. The van der Waals surface area contributed by atoms with Crippen LogP contribution >= 0.6 is 22.9 Å². The lowest BCUT2D eigenvalue weighted by molar-refractivity contribution is 0.102. The van der Waals surface area contributed by atoms with Gasteiger partial charge in [-0.1, -0.05) is 23.7 Å². The number of halogens is 1. The molecule has 4 aromatic rings. The largest absolute Gasteiger partial charge is 0.379 e. The van der Waals surface area contributed by atoms with E-state index in [9.17, 15) is 9.59 Å². The van der Waals surface area contributed by atoms with E-state index in [4.69, 9.17) is 11.6 Å². The Kier molecular flexibility index (Phi) is 5.33. The van der Waals surface area contributed by atoms with Crippen LogP contribution in [-0.4, -0.2) is 15.3 Å². The third kappa shape index (κ3) is 4.16. The Morgan fingerprint density at radius 1 is 1.17 bits per heavy atom. The number of aryl methyl sites for hydroxylation is 1. The van der Waals surface area contributed by atoms with Crippen LogP contribution in [0.5, 0.6) is 0 Å². The Balaban J connectivity index is 1.53. The van der Waals surface area contributed by atoms with Crippen LogP contribution < -0.4 is 16.2 Å². The van der Waals surface area contributed by atoms with Crippen molar-refractivity contribution < 1.29 is 4.79 Å². The molecule has 0 atom stereocenters. The van der Waals surface area contributed by atoms with E-state index >= 15 is 0 Å². The van der Waals surface area contributed by atoms with E-state index in [1.165, 1.54) is 17.4 Å². The Labute approximate surface area is 175 Å². The first-order chi connectivity index (χ1) is 14.0. The van der Waals surface area contributed by atoms with Crippen LogP contribution in [-0.2, 0) is 6.54 Å². The molecule has 1 amide bonds. The van der Waals surface area contributed by atoms with Gasteiger partial charge in [-0.05, 0) is 43.3 Å². The normalized spacial score (nSPS) is 10.8. The minimum Gasteiger partial charge on any atom is -0.379 e. The number of nitrogens with one attached hydrogen (secondary N) is 2. The van der Waals surface area contributed by atoms with Gasteiger partial charge in [0.25, 0.3) is 11.5 Å². The van der Waals surface area contributed by atoms with Gasteiger partial charge in [0.2, 0.25) is 0 Å². The zero-order chi connectivity index (χ0) is 20.4. The van der Waals surface area contributed by atoms with Crippen LogP contribution in [0.4, 0.5) is 11.4 Å². The van der Waals surface area contributed by atoms with E-state index in [0.717, 1.165) is 5.69 Å². The van der Waals surface area contributed by atoms with Crippen molar-refractivity contribution in [3.63, 3.8) is 0 Å². The van der Waals surface area contributed by atoms with Crippen molar-refractivity contribution >= 4 is 45.2 Å². The Hall–Kier alpha value is -3.16. The molecular weight excluding hydrogens is 408 g/mol. The van der Waals surface area contributed by atoms with Gasteiger partial charge in [-0.15, -0.1) is 11.3 Å². The zero-order valence-electron chi connectivity index (χ0n) is 15.5. The van der Waals surface area contributed by atoms with Gasteiger partial charge in [0.15, 0.2) is 4.96 Å². The van der Waals surface area contributed by atoms with Crippen molar-refractivity contribution in [2.45, 2.75) is 13.5 Å². The maximum Gasteiger partial charge on any atom is 0.259 e. The van der Waals surface area contributed by atoms with Gasteiger partial charge in [0.05, 0.1) is 17.8 Å². The number of aromatic nitrogens is 2. The van der Waals surface area contributed by atoms with Gasteiger partial charge in [-0.25, -0.2) is 4.98 Å². The van der Waals surface area contributed by atoms with Gasteiger partial charge < -0.3 is 10.6 Å². The monoisotopic (exact) mass is 424 g/mol. The van der Waals surface area contributed by atoms with Gasteiger partial charge in [-0.2, -0.15) is 0 Å². The highest BCUT2D eigenvalue weighted by atomic mass is 35.5. The van der Waals surface area contributed by atoms with E-state index in [0.29, 0.717) is 39.2 Å². The summed E-state index contributed by atoms with van der Waals surface area (Å²) in [6.45, 7) is 2.20. The highest BCUT2D eigenvalue weighted by Gasteiger charge is 2.12. The Morgan fingerprint density at radius 3 is 2.72 bits per heavy atom. The molecule has 0 spiro atoms. The van der Waals surface area contributed by atoms with Crippen molar-refractivity contribution in [2.24, 2.45) is 0 Å². The fourth-order valence-electron chi connectivity index (χ4n) is 2.94. The van der Waals surface area contributed by atoms with Crippen LogP contribution in [0.15, 0.2) is 64.8 Å². The molecule has 2 aromatic carbocycles. The van der Waals surface area contributed by atoms with E-state index in [2.05, 4.69) is 15.6 Å². The summed E-state index contributed by atoms with van der Waals surface area (Å²) < 4.78 is 1.58. The molecule has 29 heavy (non-hydrogen) atoms. The smallest absolute Gasteiger partial charge is 0.259 e. The minimum absolute atomic E-state index is 0.112. The fourth-order valence-corrected chi connectivity index (χ4v) is 3.96. The number of nitrogens with zero attached hydrogens (tertiary/aromatic N) is 2. The average molecular weight is 425 g/mol. The third-order valence-corrected chi connectivity index (χ3v) is 5.56. The number of fused-ring (bicyclic) bond motifs is 1. The first-order valence-electron chi connectivity index (χ1n) is 8.88. The second kappa shape index (κ2) is 8.06. The molecule has 2 heterocycles. The summed E-state index contributed by atoms with van der Waals surface area (Å²) >= 11 is 7.31. The third-order valence-electron chi connectivity index (χ3n) is 4.36. The molecule has 0 aliphatic heterocycles. The molecule has 0 saturated heterocycles. The highest BCUT2D eigenvalue weighted by Crippen LogP contribution is 2.20. The Morgan fingerprint density at radius 2 is 1.93 bits per heavy atom. The quantitative estimate of drug-likeness (QED) is 0.491. The molecule has 0 fully saturated rings. The lowest BCUT2D eigenvalue weighted by Gasteiger charge is -2.12. The van der Waals surface area contributed by atoms with E-state index in [-0.39, 0.29) is 11.5 Å². The molecule has 8 heteroatoms. The topological polar surface area (TPSA) is 75.5 Å². The summed E-state index contributed by atoms with van der Waals surface area (Å²) in [4.78, 5) is 30.2. The number of thiazole rings is 1. The summed E-state index contributed by atoms with van der Waals surface area (Å²) in [5.41, 5.74) is 3.17. The molecule has 6 nitrogen and oxygen atoms in total. The number of hydrogen-bond donors (Lipinski definition) is 2. The molecule has 0 radical (unpaired) electrons. The molecule has 0 aliphatic carbocycles. The lowest BCUT2D eigenvalue weighted by Crippen LogP contribution is -2.18. The SMILES string of the molecule is Cc1csc2nc(CNc3ccccc3C(=O)Nc3ccc(Cl)cc3)cc(=O)n12. The number of benzene rings is 2. The number of anilines is 2. The van der Waals surface area contributed by atoms with Gasteiger partial charge >= 0.3 is 0 Å². The lowest BCUT2D eigenvalue weighted by atomic mass is 10.1. The second-order valence-corrected chi connectivity index (χ2v) is 7.71. The Bertz CT molecular complexity index is 1250. The fraction of sp³-hybridized carbons (Fsp3) is 0.0952. The van der Waals surface area contributed by atoms with Crippen molar-refractivity contribution in [2.75, 3.05) is 10.6 Å². The van der Waals surface area contributed by atoms with Crippen LogP contribution in [0.3, 0.4) is 0 Å².